The number of hydrogen-bond acceptors (Lipinski definition) is 7. The Balaban J connectivity index is 1.86. The third kappa shape index (κ3) is 7.23. The van der Waals surface area contributed by atoms with Gasteiger partial charge in [0, 0.05) is 19.0 Å². The van der Waals surface area contributed by atoms with Crippen molar-refractivity contribution in [3.8, 4) is 23.0 Å². The van der Waals surface area contributed by atoms with Crippen LogP contribution in [0.15, 0.2) is 42.5 Å². The summed E-state index contributed by atoms with van der Waals surface area (Å²) < 4.78 is 47.2. The van der Waals surface area contributed by atoms with Crippen molar-refractivity contribution in [2.24, 2.45) is 0 Å². The molecule has 9 nitrogen and oxygen atoms in total. The molecule has 0 aromatic heterocycles. The number of methoxy groups -OCH3 is 3. The summed E-state index contributed by atoms with van der Waals surface area (Å²) in [6.45, 7) is 0.732. The van der Waals surface area contributed by atoms with Gasteiger partial charge in [0.25, 0.3) is 0 Å². The van der Waals surface area contributed by atoms with Crippen LogP contribution in [-0.2, 0) is 14.8 Å². The number of ether oxygens (including phenoxy) is 4. The maximum Gasteiger partial charge on any atom is 0.232 e. The van der Waals surface area contributed by atoms with Crippen molar-refractivity contribution in [1.29, 1.82) is 0 Å². The number of nitrogens with one attached hydrogen (secondary N) is 1. The topological polar surface area (TPSA) is 103 Å². The molecule has 1 amide bonds. The summed E-state index contributed by atoms with van der Waals surface area (Å²) in [6.07, 6.45) is 1.62. The van der Waals surface area contributed by atoms with Gasteiger partial charge in [-0.3, -0.25) is 9.10 Å². The summed E-state index contributed by atoms with van der Waals surface area (Å²) in [5.74, 6) is 1.94. The fourth-order valence-electron chi connectivity index (χ4n) is 3.02. The van der Waals surface area contributed by atoms with Crippen LogP contribution < -0.4 is 28.6 Å². The first-order valence-corrected chi connectivity index (χ1v) is 11.9. The van der Waals surface area contributed by atoms with Gasteiger partial charge >= 0.3 is 0 Å². The summed E-state index contributed by atoms with van der Waals surface area (Å²) in [5, 5.41) is 2.77. The van der Waals surface area contributed by atoms with Gasteiger partial charge < -0.3 is 24.3 Å². The summed E-state index contributed by atoms with van der Waals surface area (Å²) in [5.41, 5.74) is 0.390. The molecule has 0 saturated heterocycles. The van der Waals surface area contributed by atoms with E-state index in [2.05, 4.69) is 5.32 Å². The quantitative estimate of drug-likeness (QED) is 0.452. The smallest absolute Gasteiger partial charge is 0.232 e. The van der Waals surface area contributed by atoms with E-state index in [9.17, 15) is 13.2 Å². The number of anilines is 1. The Morgan fingerprint density at radius 1 is 0.969 bits per heavy atom. The Labute approximate surface area is 189 Å². The SMILES string of the molecule is COc1ccc(N(CCCC(=O)NCCOc2ccccc2OC)S(C)(=O)=O)c(OC)c1. The van der Waals surface area contributed by atoms with Gasteiger partial charge in [-0.1, -0.05) is 12.1 Å². The molecule has 0 aliphatic heterocycles. The minimum Gasteiger partial charge on any atom is -0.497 e. The van der Waals surface area contributed by atoms with Gasteiger partial charge in [0.05, 0.1) is 39.8 Å². The van der Waals surface area contributed by atoms with Crippen LogP contribution in [0.2, 0.25) is 0 Å². The van der Waals surface area contributed by atoms with Crippen molar-refractivity contribution >= 4 is 21.6 Å². The van der Waals surface area contributed by atoms with E-state index < -0.39 is 10.0 Å². The Morgan fingerprint density at radius 2 is 1.66 bits per heavy atom. The monoisotopic (exact) mass is 466 g/mol. The second-order valence-electron chi connectivity index (χ2n) is 6.83. The molecule has 0 heterocycles. The predicted octanol–water partition coefficient (Wildman–Crippen LogP) is 2.45. The van der Waals surface area contributed by atoms with Gasteiger partial charge in [-0.15, -0.1) is 0 Å². The van der Waals surface area contributed by atoms with Crippen molar-refractivity contribution in [1.82, 2.24) is 5.32 Å². The molecule has 0 radical (unpaired) electrons. The van der Waals surface area contributed by atoms with Crippen LogP contribution >= 0.6 is 0 Å². The molecule has 10 heteroatoms. The van der Waals surface area contributed by atoms with E-state index in [-0.39, 0.29) is 25.5 Å². The lowest BCUT2D eigenvalue weighted by Gasteiger charge is -2.24. The average Bonchev–Trinajstić information content (AvgIpc) is 2.78. The molecule has 2 aromatic carbocycles. The number of hydrogen-bond donors (Lipinski definition) is 1. The van der Waals surface area contributed by atoms with Gasteiger partial charge in [0.1, 0.15) is 18.1 Å². The molecule has 32 heavy (non-hydrogen) atoms. The molecule has 0 unspecified atom stereocenters. The van der Waals surface area contributed by atoms with Crippen LogP contribution in [0.25, 0.3) is 0 Å². The molecule has 0 spiro atoms. The lowest BCUT2D eigenvalue weighted by molar-refractivity contribution is -0.121. The van der Waals surface area contributed by atoms with E-state index in [1.54, 1.807) is 37.4 Å². The molecule has 0 aliphatic rings. The third-order valence-electron chi connectivity index (χ3n) is 4.57. The second kappa shape index (κ2) is 12.0. The number of benzene rings is 2. The minimum absolute atomic E-state index is 0.132. The molecular weight excluding hydrogens is 436 g/mol. The Morgan fingerprint density at radius 3 is 2.28 bits per heavy atom. The summed E-state index contributed by atoms with van der Waals surface area (Å²) in [7, 11) is 0.958. The lowest BCUT2D eigenvalue weighted by atomic mass is 10.2. The highest BCUT2D eigenvalue weighted by Crippen LogP contribution is 2.33. The highest BCUT2D eigenvalue weighted by molar-refractivity contribution is 7.92. The summed E-state index contributed by atoms with van der Waals surface area (Å²) >= 11 is 0. The predicted molar refractivity (Wildman–Crippen MR) is 122 cm³/mol. The zero-order valence-corrected chi connectivity index (χ0v) is 19.6. The van der Waals surface area contributed by atoms with E-state index in [4.69, 9.17) is 18.9 Å². The minimum atomic E-state index is -3.58. The molecule has 2 aromatic rings. The van der Waals surface area contributed by atoms with Crippen LogP contribution in [-0.4, -0.2) is 61.6 Å². The molecular formula is C22H30N2O7S. The maximum absolute atomic E-state index is 12.3. The highest BCUT2D eigenvalue weighted by Gasteiger charge is 2.21. The first-order chi connectivity index (χ1) is 15.3. The standard InChI is InChI=1S/C22H30N2O7S/c1-28-17-11-12-18(21(16-17)30-3)24(32(4,26)27)14-7-10-22(25)23-13-15-31-20-9-6-5-8-19(20)29-2/h5-6,8-9,11-12,16H,7,10,13-15H2,1-4H3,(H,23,25). The molecule has 1 N–H and O–H groups in total. The van der Waals surface area contributed by atoms with Crippen molar-refractivity contribution in [3.05, 3.63) is 42.5 Å². The number of nitrogens with zero attached hydrogens (tertiary/aromatic N) is 1. The highest BCUT2D eigenvalue weighted by atomic mass is 32.2. The van der Waals surface area contributed by atoms with E-state index in [1.807, 2.05) is 12.1 Å². The first-order valence-electron chi connectivity index (χ1n) is 10.0. The van der Waals surface area contributed by atoms with Crippen LogP contribution in [0.1, 0.15) is 12.8 Å². The van der Waals surface area contributed by atoms with E-state index >= 15 is 0 Å². The molecule has 2 rings (SSSR count). The number of carbonyl (C=O) groups excluding carboxylic acids is 1. The average molecular weight is 467 g/mol. The van der Waals surface area contributed by atoms with E-state index in [0.29, 0.717) is 41.7 Å². The van der Waals surface area contributed by atoms with Crippen LogP contribution in [0, 0.1) is 0 Å². The van der Waals surface area contributed by atoms with Gasteiger partial charge in [0.15, 0.2) is 11.5 Å². The zero-order valence-electron chi connectivity index (χ0n) is 18.8. The first kappa shape index (κ1) is 25.1. The van der Waals surface area contributed by atoms with Gasteiger partial charge in [-0.05, 0) is 30.7 Å². The summed E-state index contributed by atoms with van der Waals surface area (Å²) in [4.78, 5) is 12.2. The fraction of sp³-hybridized carbons (Fsp3) is 0.409. The van der Waals surface area contributed by atoms with Crippen molar-refractivity contribution < 1.29 is 32.2 Å². The molecule has 0 bridgehead atoms. The van der Waals surface area contributed by atoms with Crippen molar-refractivity contribution in [2.45, 2.75) is 12.8 Å². The maximum atomic E-state index is 12.3. The zero-order chi connectivity index (χ0) is 23.6. The van der Waals surface area contributed by atoms with Crippen molar-refractivity contribution in [3.63, 3.8) is 0 Å². The number of sulfonamides is 1. The van der Waals surface area contributed by atoms with Crippen LogP contribution in [0.4, 0.5) is 5.69 Å². The number of carbonyl (C=O) groups is 1. The van der Waals surface area contributed by atoms with Crippen molar-refractivity contribution in [2.75, 3.05) is 51.6 Å². The normalized spacial score (nSPS) is 10.9. The molecule has 0 fully saturated rings. The van der Waals surface area contributed by atoms with E-state index in [1.165, 1.54) is 18.5 Å². The van der Waals surface area contributed by atoms with Crippen LogP contribution in [0.3, 0.4) is 0 Å². The Kier molecular flexibility index (Phi) is 9.45. The van der Waals surface area contributed by atoms with Gasteiger partial charge in [-0.25, -0.2) is 8.42 Å². The molecule has 0 aliphatic carbocycles. The number of rotatable bonds is 13. The third-order valence-corrected chi connectivity index (χ3v) is 5.75. The molecule has 0 atom stereocenters. The molecule has 0 saturated carbocycles. The Hall–Kier alpha value is -3.14. The number of para-hydroxylation sites is 2. The van der Waals surface area contributed by atoms with Gasteiger partial charge in [0.2, 0.25) is 15.9 Å². The summed E-state index contributed by atoms with van der Waals surface area (Å²) in [6, 6.07) is 12.1. The second-order valence-corrected chi connectivity index (χ2v) is 8.73. The van der Waals surface area contributed by atoms with Crippen LogP contribution in [0.5, 0.6) is 23.0 Å². The largest absolute Gasteiger partial charge is 0.497 e. The molecule has 176 valence electrons. The Bertz CT molecular complexity index is 996. The lowest BCUT2D eigenvalue weighted by Crippen LogP contribution is -2.33. The fourth-order valence-corrected chi connectivity index (χ4v) is 3.99. The number of amides is 1. The van der Waals surface area contributed by atoms with E-state index in [0.717, 1.165) is 6.26 Å². The van der Waals surface area contributed by atoms with Gasteiger partial charge in [-0.2, -0.15) is 0 Å².